The maximum Gasteiger partial charge on any atom is 0.310 e. The summed E-state index contributed by atoms with van der Waals surface area (Å²) < 4.78 is 31.8. The lowest BCUT2D eigenvalue weighted by Crippen LogP contribution is -1.84. The first-order chi connectivity index (χ1) is 3.55. The first-order valence-corrected chi connectivity index (χ1v) is 2.25. The smallest absolute Gasteiger partial charge is 0.278 e. The van der Waals surface area contributed by atoms with Gasteiger partial charge in [-0.15, -0.1) is 0 Å². The second kappa shape index (κ2) is 2.86. The largest absolute Gasteiger partial charge is 0.310 e. The number of hydrogen-bond donors (Lipinski definition) is 0. The zero-order chi connectivity index (χ0) is 6.73. The van der Waals surface area contributed by atoms with E-state index in [0.717, 1.165) is 0 Å². The van der Waals surface area contributed by atoms with Crippen molar-refractivity contribution in [2.45, 2.75) is 0 Å². The highest BCUT2D eigenvalue weighted by atomic mass is 79.9. The lowest BCUT2D eigenvalue weighted by molar-refractivity contribution is -0.108. The third-order valence-corrected chi connectivity index (χ3v) is 0.687. The fourth-order valence-corrected chi connectivity index (χ4v) is 0.224. The summed E-state index contributed by atoms with van der Waals surface area (Å²) in [5.41, 5.74) is 0. The highest BCUT2D eigenvalue weighted by Gasteiger charge is 2.10. The molecule has 0 N–H and O–H groups in total. The van der Waals surface area contributed by atoms with Crippen LogP contribution < -0.4 is 0 Å². The van der Waals surface area contributed by atoms with Crippen LogP contribution in [0.3, 0.4) is 0 Å². The topological polar surface area (TPSA) is 17.1 Å². The predicted molar refractivity (Wildman–Crippen MR) is 24.3 cm³/mol. The Morgan fingerprint density at radius 1 is 1.25 bits per heavy atom. The van der Waals surface area contributed by atoms with Crippen molar-refractivity contribution in [3.8, 4) is 0 Å². The average molecular weight is 189 g/mol. The highest BCUT2D eigenvalue weighted by molar-refractivity contribution is 9.18. The minimum absolute atomic E-state index is 1.43. The van der Waals surface area contributed by atoms with Crippen LogP contribution in [0, 0.1) is 0 Å². The molecule has 0 atom stereocenters. The van der Waals surface area contributed by atoms with Crippen LogP contribution in [-0.2, 0) is 4.79 Å². The number of rotatable bonds is 1. The molecular weight excluding hydrogens is 189 g/mol. The van der Waals surface area contributed by atoms with Crippen molar-refractivity contribution in [3.63, 3.8) is 0 Å². The van der Waals surface area contributed by atoms with E-state index in [-0.39, 0.29) is 0 Å². The summed E-state index contributed by atoms with van der Waals surface area (Å²) in [5.74, 6) is -2.04. The highest BCUT2D eigenvalue weighted by Crippen LogP contribution is 2.12. The fraction of sp³-hybridized carbons (Fsp3) is 0. The van der Waals surface area contributed by atoms with E-state index < -0.39 is 16.6 Å². The Bertz CT molecular complexity index is 137. The van der Waals surface area contributed by atoms with Gasteiger partial charge in [-0.25, -0.2) is 0 Å². The zero-order valence-electron chi connectivity index (χ0n) is 3.42. The van der Waals surface area contributed by atoms with Gasteiger partial charge in [-0.2, -0.15) is 13.2 Å². The van der Waals surface area contributed by atoms with Crippen molar-refractivity contribution in [2.75, 3.05) is 0 Å². The van der Waals surface area contributed by atoms with Gasteiger partial charge in [0.05, 0.1) is 0 Å². The van der Waals surface area contributed by atoms with Crippen LogP contribution in [0.5, 0.6) is 0 Å². The minimum Gasteiger partial charge on any atom is -0.278 e. The van der Waals surface area contributed by atoms with Gasteiger partial charge in [0.15, 0.2) is 0 Å². The first-order valence-electron chi connectivity index (χ1n) is 1.46. The number of halogens is 4. The third-order valence-electron chi connectivity index (χ3n) is 0.338. The standard InChI is InChI=1S/C3BrF3O/c4-2(8)1(5)3(6)7. The molecule has 0 aliphatic heterocycles. The van der Waals surface area contributed by atoms with Crippen LogP contribution in [0.4, 0.5) is 13.2 Å². The molecule has 0 rings (SSSR count). The molecular formula is C3BrF3O. The number of carbonyl (C=O) groups excluding carboxylic acids is 1. The average Bonchev–Trinajstić information content (AvgIpc) is 1.64. The molecule has 1 nitrogen and oxygen atoms in total. The van der Waals surface area contributed by atoms with E-state index >= 15 is 0 Å². The summed E-state index contributed by atoms with van der Waals surface area (Å²) in [6.45, 7) is 0. The molecule has 0 unspecified atom stereocenters. The Balaban J connectivity index is 4.23. The molecule has 0 aliphatic rings. The minimum atomic E-state index is -2.60. The Hall–Kier alpha value is -0.320. The molecule has 0 aromatic carbocycles. The van der Waals surface area contributed by atoms with E-state index in [1.807, 2.05) is 15.9 Å². The van der Waals surface area contributed by atoms with Crippen LogP contribution >= 0.6 is 15.9 Å². The van der Waals surface area contributed by atoms with Crippen molar-refractivity contribution in [2.24, 2.45) is 0 Å². The lowest BCUT2D eigenvalue weighted by atomic mass is 10.6. The van der Waals surface area contributed by atoms with Crippen LogP contribution in [0.1, 0.15) is 0 Å². The molecule has 0 aromatic rings. The van der Waals surface area contributed by atoms with Gasteiger partial charge in [0.2, 0.25) is 5.83 Å². The van der Waals surface area contributed by atoms with E-state index in [0.29, 0.717) is 0 Å². The summed E-state index contributed by atoms with van der Waals surface area (Å²) in [6.07, 6.45) is -2.60. The second-order valence-corrected chi connectivity index (χ2v) is 1.57. The van der Waals surface area contributed by atoms with Gasteiger partial charge < -0.3 is 0 Å². The van der Waals surface area contributed by atoms with E-state index in [4.69, 9.17) is 0 Å². The second-order valence-electron chi connectivity index (χ2n) is 0.848. The number of carbonyl (C=O) groups is 1. The Morgan fingerprint density at radius 3 is 1.62 bits per heavy atom. The maximum absolute atomic E-state index is 11.4. The molecule has 0 aromatic heterocycles. The predicted octanol–water partition coefficient (Wildman–Crippen LogP) is 1.99. The molecule has 0 heterocycles. The summed E-state index contributed by atoms with van der Waals surface area (Å²) in [6, 6.07) is 0. The molecule has 0 radical (unpaired) electrons. The number of allylic oxidation sites excluding steroid dienone is 1. The van der Waals surface area contributed by atoms with E-state index in [1.165, 1.54) is 0 Å². The van der Waals surface area contributed by atoms with Crippen molar-refractivity contribution >= 4 is 20.6 Å². The van der Waals surface area contributed by atoms with Crippen molar-refractivity contribution in [1.82, 2.24) is 0 Å². The van der Waals surface area contributed by atoms with Gasteiger partial charge in [-0.05, 0) is 0 Å². The molecule has 8 heavy (non-hydrogen) atoms. The maximum atomic E-state index is 11.4. The SMILES string of the molecule is O=C(Br)C(F)=C(F)F. The zero-order valence-corrected chi connectivity index (χ0v) is 5.01. The van der Waals surface area contributed by atoms with Crippen molar-refractivity contribution in [3.05, 3.63) is 11.9 Å². The molecule has 0 amide bonds. The first kappa shape index (κ1) is 7.68. The monoisotopic (exact) mass is 188 g/mol. The Labute approximate surface area is 51.3 Å². The van der Waals surface area contributed by atoms with E-state index in [2.05, 4.69) is 0 Å². The molecule has 0 bridgehead atoms. The van der Waals surface area contributed by atoms with Crippen molar-refractivity contribution in [1.29, 1.82) is 0 Å². The van der Waals surface area contributed by atoms with Crippen LogP contribution in [-0.4, -0.2) is 4.69 Å². The summed E-state index contributed by atoms with van der Waals surface area (Å²) in [4.78, 5) is 9.59. The van der Waals surface area contributed by atoms with Gasteiger partial charge >= 0.3 is 6.08 Å². The number of hydrogen-bond acceptors (Lipinski definition) is 1. The van der Waals surface area contributed by atoms with E-state index in [9.17, 15) is 18.0 Å². The summed E-state index contributed by atoms with van der Waals surface area (Å²) in [7, 11) is 0. The van der Waals surface area contributed by atoms with E-state index in [1.54, 1.807) is 0 Å². The van der Waals surface area contributed by atoms with Crippen LogP contribution in [0.15, 0.2) is 11.9 Å². The molecule has 5 heteroatoms. The molecule has 0 saturated heterocycles. The normalized spacial score (nSPS) is 8.50. The molecule has 0 spiro atoms. The molecule has 46 valence electrons. The lowest BCUT2D eigenvalue weighted by Gasteiger charge is -1.80. The summed E-state index contributed by atoms with van der Waals surface area (Å²) in [5, 5.41) is 0. The van der Waals surface area contributed by atoms with Crippen LogP contribution in [0.2, 0.25) is 0 Å². The van der Waals surface area contributed by atoms with Crippen molar-refractivity contribution < 1.29 is 18.0 Å². The quantitative estimate of drug-likeness (QED) is 0.455. The molecule has 0 aliphatic carbocycles. The third kappa shape index (κ3) is 2.11. The van der Waals surface area contributed by atoms with Gasteiger partial charge in [-0.1, -0.05) is 0 Å². The van der Waals surface area contributed by atoms with Gasteiger partial charge in [-0.3, -0.25) is 4.79 Å². The van der Waals surface area contributed by atoms with Crippen LogP contribution in [0.25, 0.3) is 0 Å². The fourth-order valence-electron chi connectivity index (χ4n) is 0.0743. The Kier molecular flexibility index (Phi) is 2.75. The molecule has 0 fully saturated rings. The Morgan fingerprint density at radius 2 is 1.62 bits per heavy atom. The van der Waals surface area contributed by atoms with Gasteiger partial charge in [0.25, 0.3) is 4.69 Å². The summed E-state index contributed by atoms with van der Waals surface area (Å²) >= 11 is 1.99. The van der Waals surface area contributed by atoms with Gasteiger partial charge in [0, 0.05) is 15.9 Å². The van der Waals surface area contributed by atoms with Gasteiger partial charge in [0.1, 0.15) is 0 Å². The molecule has 0 saturated carbocycles.